The summed E-state index contributed by atoms with van der Waals surface area (Å²) in [6.07, 6.45) is 0. The second kappa shape index (κ2) is 2.52. The molecule has 2 aromatic rings. The molecular formula is C11H9O. The molecular weight excluding hydrogens is 148 g/mol. The lowest BCUT2D eigenvalue weighted by atomic mass is 10.1. The van der Waals surface area contributed by atoms with Gasteiger partial charge < -0.3 is 0 Å². The van der Waals surface area contributed by atoms with Gasteiger partial charge in [0.1, 0.15) is 0 Å². The lowest BCUT2D eigenvalue weighted by Crippen LogP contribution is -1.76. The molecule has 1 radical (unpaired) electrons. The first kappa shape index (κ1) is 7.17. The van der Waals surface area contributed by atoms with E-state index in [0.717, 1.165) is 16.3 Å². The van der Waals surface area contributed by atoms with Crippen molar-refractivity contribution in [3.8, 4) is 5.75 Å². The third-order valence-corrected chi connectivity index (χ3v) is 2.04. The highest BCUT2D eigenvalue weighted by molar-refractivity contribution is 5.86. The lowest BCUT2D eigenvalue weighted by Gasteiger charge is -2.00. The summed E-state index contributed by atoms with van der Waals surface area (Å²) in [4.78, 5) is 0. The molecule has 2 aromatic carbocycles. The number of hydrogen-bond acceptors (Lipinski definition) is 0. The third-order valence-electron chi connectivity index (χ3n) is 2.04. The van der Waals surface area contributed by atoms with Gasteiger partial charge in [-0.05, 0) is 35.4 Å². The van der Waals surface area contributed by atoms with Crippen molar-refractivity contribution in [2.75, 3.05) is 0 Å². The Kier molecular flexibility index (Phi) is 1.51. The van der Waals surface area contributed by atoms with Gasteiger partial charge in [0, 0.05) is 0 Å². The standard InChI is InChI=1S/C11H9O/c1-8-6-10(12)7-9-4-2-3-5-11(8)9/h2-7H,1H3. The summed E-state index contributed by atoms with van der Waals surface area (Å²) in [6, 6.07) is 11.3. The first-order chi connectivity index (χ1) is 5.77. The molecule has 0 aliphatic heterocycles. The Hall–Kier alpha value is -1.50. The molecule has 59 valence electrons. The van der Waals surface area contributed by atoms with Crippen LogP contribution in [0.1, 0.15) is 5.56 Å². The van der Waals surface area contributed by atoms with E-state index in [1.807, 2.05) is 31.2 Å². The molecule has 2 rings (SSSR count). The van der Waals surface area contributed by atoms with Crippen molar-refractivity contribution in [2.45, 2.75) is 6.92 Å². The number of rotatable bonds is 0. The maximum Gasteiger partial charge on any atom is 0.179 e. The molecule has 0 saturated heterocycles. The predicted octanol–water partition coefficient (Wildman–Crippen LogP) is 3.29. The average molecular weight is 157 g/mol. The van der Waals surface area contributed by atoms with Gasteiger partial charge >= 0.3 is 0 Å². The van der Waals surface area contributed by atoms with Crippen LogP contribution in [0.15, 0.2) is 36.4 Å². The van der Waals surface area contributed by atoms with E-state index in [1.165, 1.54) is 0 Å². The minimum absolute atomic E-state index is 0.0891. The van der Waals surface area contributed by atoms with Crippen LogP contribution in [0.25, 0.3) is 10.8 Å². The van der Waals surface area contributed by atoms with Gasteiger partial charge in [-0.2, -0.15) is 0 Å². The van der Waals surface area contributed by atoms with Crippen molar-refractivity contribution < 1.29 is 5.11 Å². The van der Waals surface area contributed by atoms with Crippen LogP contribution in [0.4, 0.5) is 0 Å². The van der Waals surface area contributed by atoms with Crippen LogP contribution in [0.5, 0.6) is 5.75 Å². The van der Waals surface area contributed by atoms with Crippen LogP contribution >= 0.6 is 0 Å². The zero-order valence-corrected chi connectivity index (χ0v) is 6.87. The minimum Gasteiger partial charge on any atom is -0.290 e. The van der Waals surface area contributed by atoms with Crippen molar-refractivity contribution in [2.24, 2.45) is 0 Å². The molecule has 0 aromatic heterocycles. The molecule has 0 fully saturated rings. The number of benzene rings is 2. The first-order valence-corrected chi connectivity index (χ1v) is 3.94. The number of aryl methyl sites for hydroxylation is 1. The maximum atomic E-state index is 11.1. The van der Waals surface area contributed by atoms with E-state index in [9.17, 15) is 5.11 Å². The van der Waals surface area contributed by atoms with Crippen LogP contribution in [-0.2, 0) is 5.11 Å². The molecule has 0 heterocycles. The van der Waals surface area contributed by atoms with Crippen LogP contribution in [-0.4, -0.2) is 0 Å². The third kappa shape index (κ3) is 1.03. The van der Waals surface area contributed by atoms with E-state index < -0.39 is 0 Å². The summed E-state index contributed by atoms with van der Waals surface area (Å²) in [5.41, 5.74) is 1.05. The topological polar surface area (TPSA) is 19.9 Å². The molecule has 0 bridgehead atoms. The largest absolute Gasteiger partial charge is 0.290 e. The number of hydrogen-bond donors (Lipinski definition) is 0. The van der Waals surface area contributed by atoms with Crippen molar-refractivity contribution in [1.82, 2.24) is 0 Å². The maximum absolute atomic E-state index is 11.1. The van der Waals surface area contributed by atoms with E-state index >= 15 is 0 Å². The average Bonchev–Trinajstić information content (AvgIpc) is 2.04. The van der Waals surface area contributed by atoms with Crippen LogP contribution < -0.4 is 0 Å². The van der Waals surface area contributed by atoms with Crippen LogP contribution in [0.3, 0.4) is 0 Å². The second-order valence-electron chi connectivity index (χ2n) is 2.96. The number of fused-ring (bicyclic) bond motifs is 1. The Morgan fingerprint density at radius 2 is 1.83 bits per heavy atom. The molecule has 1 nitrogen and oxygen atoms in total. The molecule has 1 heteroatoms. The molecule has 12 heavy (non-hydrogen) atoms. The van der Waals surface area contributed by atoms with Crippen LogP contribution in [0, 0.1) is 6.92 Å². The highest BCUT2D eigenvalue weighted by Crippen LogP contribution is 2.23. The fraction of sp³-hybridized carbons (Fsp3) is 0.0909. The van der Waals surface area contributed by atoms with Gasteiger partial charge in [0.25, 0.3) is 0 Å². The van der Waals surface area contributed by atoms with E-state index in [-0.39, 0.29) is 5.75 Å². The van der Waals surface area contributed by atoms with Gasteiger partial charge in [-0.3, -0.25) is 5.11 Å². The monoisotopic (exact) mass is 157 g/mol. The smallest absolute Gasteiger partial charge is 0.179 e. The van der Waals surface area contributed by atoms with Crippen molar-refractivity contribution in [3.05, 3.63) is 42.0 Å². The van der Waals surface area contributed by atoms with Crippen molar-refractivity contribution in [1.29, 1.82) is 0 Å². The summed E-state index contributed by atoms with van der Waals surface area (Å²) < 4.78 is 0. The van der Waals surface area contributed by atoms with E-state index in [2.05, 4.69) is 0 Å². The van der Waals surface area contributed by atoms with E-state index in [0.29, 0.717) is 0 Å². The van der Waals surface area contributed by atoms with Gasteiger partial charge in [0.05, 0.1) is 0 Å². The zero-order valence-electron chi connectivity index (χ0n) is 6.87. The Balaban J connectivity index is 2.89. The fourth-order valence-electron chi connectivity index (χ4n) is 1.47. The highest BCUT2D eigenvalue weighted by atomic mass is 16.3. The molecule has 0 aliphatic carbocycles. The van der Waals surface area contributed by atoms with Gasteiger partial charge in [-0.1, -0.05) is 24.3 Å². The van der Waals surface area contributed by atoms with E-state index in [1.54, 1.807) is 12.1 Å². The Bertz CT molecular complexity index is 418. The van der Waals surface area contributed by atoms with Gasteiger partial charge in [-0.25, -0.2) is 0 Å². The zero-order chi connectivity index (χ0) is 8.55. The first-order valence-electron chi connectivity index (χ1n) is 3.94. The SMILES string of the molecule is Cc1cc([O])cc2ccccc12. The normalized spacial score (nSPS) is 10.4. The fourth-order valence-corrected chi connectivity index (χ4v) is 1.47. The molecule has 0 saturated carbocycles. The van der Waals surface area contributed by atoms with Gasteiger partial charge in [-0.15, -0.1) is 0 Å². The van der Waals surface area contributed by atoms with Crippen molar-refractivity contribution in [3.63, 3.8) is 0 Å². The Labute approximate surface area is 71.3 Å². The summed E-state index contributed by atoms with van der Waals surface area (Å²) >= 11 is 0. The van der Waals surface area contributed by atoms with Crippen LogP contribution in [0.2, 0.25) is 0 Å². The van der Waals surface area contributed by atoms with Crippen molar-refractivity contribution >= 4 is 10.8 Å². The lowest BCUT2D eigenvalue weighted by molar-refractivity contribution is 0.355. The van der Waals surface area contributed by atoms with Gasteiger partial charge in [0.15, 0.2) is 5.75 Å². The Morgan fingerprint density at radius 3 is 2.67 bits per heavy atom. The Morgan fingerprint density at radius 1 is 1.08 bits per heavy atom. The molecule has 0 aliphatic rings. The summed E-state index contributed by atoms with van der Waals surface area (Å²) in [7, 11) is 0. The molecule has 0 N–H and O–H groups in total. The molecule has 0 unspecified atom stereocenters. The summed E-state index contributed by atoms with van der Waals surface area (Å²) in [6.45, 7) is 1.96. The molecule has 0 spiro atoms. The predicted molar refractivity (Wildman–Crippen MR) is 48.8 cm³/mol. The highest BCUT2D eigenvalue weighted by Gasteiger charge is 1.98. The molecule has 0 amide bonds. The van der Waals surface area contributed by atoms with E-state index in [4.69, 9.17) is 0 Å². The van der Waals surface area contributed by atoms with Gasteiger partial charge in [0.2, 0.25) is 0 Å². The minimum atomic E-state index is 0.0891. The summed E-state index contributed by atoms with van der Waals surface area (Å²) in [5.74, 6) is 0.0891. The summed E-state index contributed by atoms with van der Waals surface area (Å²) in [5, 5.41) is 13.3. The quantitative estimate of drug-likeness (QED) is 0.559. The molecule has 0 atom stereocenters. The second-order valence-corrected chi connectivity index (χ2v) is 2.96.